The Morgan fingerprint density at radius 3 is 2.07 bits per heavy atom. The number of hydrogen-bond donors (Lipinski definition) is 0. The predicted octanol–water partition coefficient (Wildman–Crippen LogP) is 4.59. The van der Waals surface area contributed by atoms with Gasteiger partial charge in [-0.1, -0.05) is 36.4 Å². The molecule has 0 bridgehead atoms. The molecule has 1 aliphatic heterocycles. The standard InChI is InChI=1S/C22H23F2N3/c23-21-7-3-1-5-18(21)14-26-11-9-17(10-12-26)20-13-25-27(16-20)15-19-6-2-4-8-22(19)24/h1-8,13,16-17H,9-12,14-15H2. The zero-order chi connectivity index (χ0) is 18.6. The van der Waals surface area contributed by atoms with Crippen molar-refractivity contribution in [2.24, 2.45) is 0 Å². The molecule has 2 aromatic carbocycles. The smallest absolute Gasteiger partial charge is 0.128 e. The van der Waals surface area contributed by atoms with Crippen LogP contribution in [0.3, 0.4) is 0 Å². The molecule has 0 radical (unpaired) electrons. The van der Waals surface area contributed by atoms with Crippen molar-refractivity contribution in [3.8, 4) is 0 Å². The summed E-state index contributed by atoms with van der Waals surface area (Å²) in [5.41, 5.74) is 2.61. The van der Waals surface area contributed by atoms with Gasteiger partial charge in [-0.3, -0.25) is 9.58 Å². The fourth-order valence-corrected chi connectivity index (χ4v) is 3.77. The molecule has 0 amide bonds. The highest BCUT2D eigenvalue weighted by molar-refractivity contribution is 5.20. The summed E-state index contributed by atoms with van der Waals surface area (Å²) in [6.07, 6.45) is 5.99. The first-order valence-corrected chi connectivity index (χ1v) is 9.40. The Labute approximate surface area is 158 Å². The minimum absolute atomic E-state index is 0.131. The number of likely N-dealkylation sites (tertiary alicyclic amines) is 1. The molecule has 1 saturated heterocycles. The normalized spacial score (nSPS) is 15.9. The summed E-state index contributed by atoms with van der Waals surface area (Å²) in [4.78, 5) is 2.30. The van der Waals surface area contributed by atoms with Crippen LogP contribution in [0.4, 0.5) is 8.78 Å². The van der Waals surface area contributed by atoms with Gasteiger partial charge >= 0.3 is 0 Å². The molecule has 1 aliphatic rings. The molecule has 0 unspecified atom stereocenters. The van der Waals surface area contributed by atoms with E-state index in [0.717, 1.165) is 31.5 Å². The average molecular weight is 367 g/mol. The lowest BCUT2D eigenvalue weighted by atomic mass is 9.91. The number of hydrogen-bond acceptors (Lipinski definition) is 2. The predicted molar refractivity (Wildman–Crippen MR) is 101 cm³/mol. The molecular weight excluding hydrogens is 344 g/mol. The Hall–Kier alpha value is -2.53. The molecule has 27 heavy (non-hydrogen) atoms. The first kappa shape index (κ1) is 17.9. The molecule has 0 atom stereocenters. The SMILES string of the molecule is Fc1ccccc1CN1CCC(c2cnn(Cc3ccccc3F)c2)CC1. The minimum atomic E-state index is -0.198. The van der Waals surface area contributed by atoms with Crippen molar-refractivity contribution in [2.45, 2.75) is 31.8 Å². The van der Waals surface area contributed by atoms with Gasteiger partial charge in [0.25, 0.3) is 0 Å². The van der Waals surface area contributed by atoms with Crippen LogP contribution in [0, 0.1) is 11.6 Å². The van der Waals surface area contributed by atoms with Crippen LogP contribution in [0.2, 0.25) is 0 Å². The van der Waals surface area contributed by atoms with Crippen molar-refractivity contribution in [1.82, 2.24) is 14.7 Å². The highest BCUT2D eigenvalue weighted by Crippen LogP contribution is 2.28. The fraction of sp³-hybridized carbons (Fsp3) is 0.318. The molecular formula is C22H23F2N3. The quantitative estimate of drug-likeness (QED) is 0.658. The van der Waals surface area contributed by atoms with Crippen molar-refractivity contribution < 1.29 is 8.78 Å². The fourth-order valence-electron chi connectivity index (χ4n) is 3.77. The number of aromatic nitrogens is 2. The Balaban J connectivity index is 1.34. The van der Waals surface area contributed by atoms with Crippen molar-refractivity contribution in [3.05, 3.63) is 89.2 Å². The molecule has 0 N–H and O–H groups in total. The third kappa shape index (κ3) is 4.25. The van der Waals surface area contributed by atoms with Crippen molar-refractivity contribution in [1.29, 1.82) is 0 Å². The number of rotatable bonds is 5. The molecule has 3 aromatic rings. The maximum Gasteiger partial charge on any atom is 0.128 e. The second-order valence-corrected chi connectivity index (χ2v) is 7.20. The van der Waals surface area contributed by atoms with E-state index in [1.165, 1.54) is 17.7 Å². The Morgan fingerprint density at radius 1 is 0.852 bits per heavy atom. The monoisotopic (exact) mass is 367 g/mol. The summed E-state index contributed by atoms with van der Waals surface area (Å²) >= 11 is 0. The maximum atomic E-state index is 13.8. The summed E-state index contributed by atoms with van der Waals surface area (Å²) in [6, 6.07) is 13.8. The number of benzene rings is 2. The van der Waals surface area contributed by atoms with Crippen LogP contribution < -0.4 is 0 Å². The van der Waals surface area contributed by atoms with E-state index in [9.17, 15) is 8.78 Å². The summed E-state index contributed by atoms with van der Waals surface area (Å²) in [6.45, 7) is 2.99. The van der Waals surface area contributed by atoms with Gasteiger partial charge in [0.1, 0.15) is 11.6 Å². The number of nitrogens with zero attached hydrogens (tertiary/aromatic N) is 3. The van der Waals surface area contributed by atoms with Crippen LogP contribution in [0.1, 0.15) is 35.4 Å². The lowest BCUT2D eigenvalue weighted by Crippen LogP contribution is -2.32. The van der Waals surface area contributed by atoms with Gasteiger partial charge in [0, 0.05) is 23.9 Å². The maximum absolute atomic E-state index is 13.8. The van der Waals surface area contributed by atoms with Gasteiger partial charge in [-0.2, -0.15) is 5.10 Å². The molecule has 0 saturated carbocycles. The van der Waals surface area contributed by atoms with Gasteiger partial charge in [-0.15, -0.1) is 0 Å². The molecule has 1 aromatic heterocycles. The third-order valence-electron chi connectivity index (χ3n) is 5.35. The third-order valence-corrected chi connectivity index (χ3v) is 5.35. The topological polar surface area (TPSA) is 21.1 Å². The largest absolute Gasteiger partial charge is 0.299 e. The van der Waals surface area contributed by atoms with E-state index in [1.807, 2.05) is 30.6 Å². The van der Waals surface area contributed by atoms with Crippen molar-refractivity contribution >= 4 is 0 Å². The molecule has 1 fully saturated rings. The first-order valence-electron chi connectivity index (χ1n) is 9.40. The van der Waals surface area contributed by atoms with Gasteiger partial charge < -0.3 is 0 Å². The molecule has 0 aliphatic carbocycles. The Morgan fingerprint density at radius 2 is 1.44 bits per heavy atom. The summed E-state index contributed by atoms with van der Waals surface area (Å²) in [5.74, 6) is 0.126. The van der Waals surface area contributed by atoms with Crippen LogP contribution in [-0.4, -0.2) is 27.8 Å². The first-order chi connectivity index (χ1) is 13.2. The number of piperidine rings is 1. The van der Waals surface area contributed by atoms with E-state index in [4.69, 9.17) is 0 Å². The van der Waals surface area contributed by atoms with E-state index in [2.05, 4.69) is 10.00 Å². The second kappa shape index (κ2) is 8.01. The lowest BCUT2D eigenvalue weighted by molar-refractivity contribution is 0.202. The van der Waals surface area contributed by atoms with Gasteiger partial charge in [0.2, 0.25) is 0 Å². The van der Waals surface area contributed by atoms with Gasteiger partial charge in [-0.25, -0.2) is 8.78 Å². The van der Waals surface area contributed by atoms with E-state index in [0.29, 0.717) is 24.6 Å². The molecule has 4 rings (SSSR count). The van der Waals surface area contributed by atoms with Gasteiger partial charge in [0.15, 0.2) is 0 Å². The highest BCUT2D eigenvalue weighted by Gasteiger charge is 2.22. The molecule has 5 heteroatoms. The van der Waals surface area contributed by atoms with Gasteiger partial charge in [-0.05, 0) is 49.5 Å². The van der Waals surface area contributed by atoms with Crippen LogP contribution in [0.5, 0.6) is 0 Å². The summed E-state index contributed by atoms with van der Waals surface area (Å²) < 4.78 is 29.5. The Bertz CT molecular complexity index is 898. The second-order valence-electron chi connectivity index (χ2n) is 7.20. The van der Waals surface area contributed by atoms with Gasteiger partial charge in [0.05, 0.1) is 12.7 Å². The van der Waals surface area contributed by atoms with Crippen LogP contribution in [0.25, 0.3) is 0 Å². The van der Waals surface area contributed by atoms with Crippen LogP contribution >= 0.6 is 0 Å². The lowest BCUT2D eigenvalue weighted by Gasteiger charge is -2.31. The zero-order valence-electron chi connectivity index (χ0n) is 15.2. The Kier molecular flexibility index (Phi) is 5.30. The average Bonchev–Trinajstić information content (AvgIpc) is 3.15. The van der Waals surface area contributed by atoms with E-state index in [1.54, 1.807) is 22.9 Å². The van der Waals surface area contributed by atoms with Crippen LogP contribution in [0.15, 0.2) is 60.9 Å². The van der Waals surface area contributed by atoms with Crippen LogP contribution in [-0.2, 0) is 13.1 Å². The van der Waals surface area contributed by atoms with Crippen molar-refractivity contribution in [3.63, 3.8) is 0 Å². The molecule has 140 valence electrons. The number of halogens is 2. The van der Waals surface area contributed by atoms with E-state index < -0.39 is 0 Å². The zero-order valence-corrected chi connectivity index (χ0v) is 15.2. The molecule has 0 spiro atoms. The van der Waals surface area contributed by atoms with E-state index in [-0.39, 0.29) is 11.6 Å². The summed E-state index contributed by atoms with van der Waals surface area (Å²) in [5, 5.41) is 4.41. The van der Waals surface area contributed by atoms with Crippen molar-refractivity contribution in [2.75, 3.05) is 13.1 Å². The van der Waals surface area contributed by atoms with E-state index >= 15 is 0 Å². The molecule has 2 heterocycles. The summed E-state index contributed by atoms with van der Waals surface area (Å²) in [7, 11) is 0. The highest BCUT2D eigenvalue weighted by atomic mass is 19.1. The molecule has 3 nitrogen and oxygen atoms in total. The minimum Gasteiger partial charge on any atom is -0.299 e.